The Morgan fingerprint density at radius 2 is 1.88 bits per heavy atom. The van der Waals surface area contributed by atoms with Crippen molar-refractivity contribution >= 4 is 33.4 Å². The molecule has 2 N–H and O–H groups in total. The highest BCUT2D eigenvalue weighted by atomic mass is 32.2. The van der Waals surface area contributed by atoms with Crippen molar-refractivity contribution < 1.29 is 17.6 Å². The number of halogens is 1. The number of rotatable bonds is 7. The van der Waals surface area contributed by atoms with E-state index < -0.39 is 10.0 Å². The first kappa shape index (κ1) is 17.9. The molecule has 0 heterocycles. The third-order valence-electron chi connectivity index (χ3n) is 3.51. The monoisotopic (exact) mass is 380 g/mol. The van der Waals surface area contributed by atoms with E-state index in [4.69, 9.17) is 0 Å². The van der Waals surface area contributed by atoms with Gasteiger partial charge >= 0.3 is 0 Å². The molecule has 5 nitrogen and oxygen atoms in total. The molecule has 2 aromatic carbocycles. The summed E-state index contributed by atoms with van der Waals surface area (Å²) in [5.74, 6) is -0.450. The first-order valence-electron chi connectivity index (χ1n) is 7.73. The molecule has 3 rings (SSSR count). The zero-order valence-electron chi connectivity index (χ0n) is 13.2. The van der Waals surface area contributed by atoms with Crippen LogP contribution in [0.4, 0.5) is 10.1 Å². The number of benzene rings is 2. The van der Waals surface area contributed by atoms with Crippen molar-refractivity contribution in [1.29, 1.82) is 0 Å². The largest absolute Gasteiger partial charge is 0.325 e. The quantitative estimate of drug-likeness (QED) is 0.724. The Hall–Kier alpha value is -1.90. The van der Waals surface area contributed by atoms with Crippen LogP contribution in [0.3, 0.4) is 0 Å². The summed E-state index contributed by atoms with van der Waals surface area (Å²) in [5.41, 5.74) is 0.420. The van der Waals surface area contributed by atoms with Gasteiger partial charge in [0.25, 0.3) is 0 Å². The molecule has 0 bridgehead atoms. The van der Waals surface area contributed by atoms with Crippen LogP contribution in [0.1, 0.15) is 12.8 Å². The maximum Gasteiger partial charge on any atom is 0.240 e. The molecule has 132 valence electrons. The van der Waals surface area contributed by atoms with Gasteiger partial charge in [0, 0.05) is 16.6 Å². The number of anilines is 1. The molecule has 8 heteroatoms. The lowest BCUT2D eigenvalue weighted by Crippen LogP contribution is -2.25. The van der Waals surface area contributed by atoms with E-state index in [-0.39, 0.29) is 28.4 Å². The van der Waals surface area contributed by atoms with Crippen molar-refractivity contribution in [2.24, 2.45) is 0 Å². The van der Waals surface area contributed by atoms with Gasteiger partial charge < -0.3 is 5.32 Å². The van der Waals surface area contributed by atoms with Gasteiger partial charge in [-0.1, -0.05) is 6.07 Å². The average molecular weight is 380 g/mol. The summed E-state index contributed by atoms with van der Waals surface area (Å²) >= 11 is 1.27. The van der Waals surface area contributed by atoms with Crippen LogP contribution in [0.25, 0.3) is 0 Å². The first-order valence-corrected chi connectivity index (χ1v) is 10.2. The number of nitrogens with one attached hydrogen (secondary N) is 2. The molecular weight excluding hydrogens is 363 g/mol. The van der Waals surface area contributed by atoms with Crippen molar-refractivity contribution in [2.75, 3.05) is 11.1 Å². The molecule has 25 heavy (non-hydrogen) atoms. The van der Waals surface area contributed by atoms with Gasteiger partial charge in [-0.05, 0) is 55.3 Å². The summed E-state index contributed by atoms with van der Waals surface area (Å²) in [6.07, 6.45) is 1.71. The second-order valence-electron chi connectivity index (χ2n) is 5.71. The van der Waals surface area contributed by atoms with Gasteiger partial charge in [-0.2, -0.15) is 0 Å². The number of sulfonamides is 1. The lowest BCUT2D eigenvalue weighted by molar-refractivity contribution is -0.113. The van der Waals surface area contributed by atoms with E-state index >= 15 is 0 Å². The first-order chi connectivity index (χ1) is 11.9. The molecule has 0 spiro atoms. The average Bonchev–Trinajstić information content (AvgIpc) is 3.38. The summed E-state index contributed by atoms with van der Waals surface area (Å²) in [5, 5.41) is 2.68. The van der Waals surface area contributed by atoms with Crippen molar-refractivity contribution in [3.63, 3.8) is 0 Å². The van der Waals surface area contributed by atoms with Gasteiger partial charge in [0.15, 0.2) is 0 Å². The van der Waals surface area contributed by atoms with Crippen molar-refractivity contribution in [2.45, 2.75) is 28.7 Å². The summed E-state index contributed by atoms with van der Waals surface area (Å²) in [6, 6.07) is 12.0. The van der Waals surface area contributed by atoms with E-state index in [0.29, 0.717) is 5.69 Å². The number of amides is 1. The van der Waals surface area contributed by atoms with Crippen LogP contribution >= 0.6 is 11.8 Å². The van der Waals surface area contributed by atoms with E-state index in [1.54, 1.807) is 24.3 Å². The lowest BCUT2D eigenvalue weighted by Gasteiger charge is -2.09. The smallest absolute Gasteiger partial charge is 0.240 e. The molecule has 1 amide bonds. The van der Waals surface area contributed by atoms with Gasteiger partial charge in [0.1, 0.15) is 5.82 Å². The fourth-order valence-electron chi connectivity index (χ4n) is 2.11. The lowest BCUT2D eigenvalue weighted by atomic mass is 10.3. The van der Waals surface area contributed by atoms with Crippen LogP contribution in [0.2, 0.25) is 0 Å². The van der Waals surface area contributed by atoms with Crippen LogP contribution in [-0.4, -0.2) is 26.1 Å². The van der Waals surface area contributed by atoms with Gasteiger partial charge in [-0.25, -0.2) is 17.5 Å². The van der Waals surface area contributed by atoms with E-state index in [2.05, 4.69) is 10.0 Å². The minimum atomic E-state index is -3.56. The Morgan fingerprint density at radius 1 is 1.16 bits per heavy atom. The normalized spacial score (nSPS) is 14.3. The Balaban J connectivity index is 1.59. The summed E-state index contributed by atoms with van der Waals surface area (Å²) in [4.78, 5) is 12.9. The molecular formula is C17H17FN2O3S2. The summed E-state index contributed by atoms with van der Waals surface area (Å²) < 4.78 is 39.9. The Morgan fingerprint density at radius 3 is 2.56 bits per heavy atom. The Labute approximate surface area is 150 Å². The third kappa shape index (κ3) is 5.29. The SMILES string of the molecule is O=C(CSc1ccc(F)cc1)Nc1cccc(S(=O)(=O)NC2CC2)c1. The fraction of sp³-hybridized carbons (Fsp3) is 0.235. The van der Waals surface area contributed by atoms with Crippen LogP contribution in [0, 0.1) is 5.82 Å². The zero-order chi connectivity index (χ0) is 17.9. The van der Waals surface area contributed by atoms with Crippen LogP contribution in [0.5, 0.6) is 0 Å². The standard InChI is InChI=1S/C17H17FN2O3S2/c18-12-4-8-15(9-5-12)24-11-17(21)19-14-2-1-3-16(10-14)25(22,23)20-13-6-7-13/h1-5,8-10,13,20H,6-7,11H2,(H,19,21). The fourth-order valence-corrected chi connectivity index (χ4v) is 4.16. The number of thioether (sulfide) groups is 1. The summed E-state index contributed by atoms with van der Waals surface area (Å²) in [6.45, 7) is 0. The molecule has 0 aliphatic heterocycles. The van der Waals surface area contributed by atoms with Crippen molar-refractivity contribution in [3.8, 4) is 0 Å². The van der Waals surface area contributed by atoms with Gasteiger partial charge in [-0.3, -0.25) is 4.79 Å². The predicted molar refractivity (Wildman–Crippen MR) is 95.5 cm³/mol. The predicted octanol–water partition coefficient (Wildman–Crippen LogP) is 3.00. The maximum absolute atomic E-state index is 12.8. The number of carbonyl (C=O) groups excluding carboxylic acids is 1. The molecule has 0 unspecified atom stereocenters. The number of hydrogen-bond acceptors (Lipinski definition) is 4. The van der Waals surface area contributed by atoms with Crippen LogP contribution in [-0.2, 0) is 14.8 Å². The Bertz CT molecular complexity index is 866. The maximum atomic E-state index is 12.8. The Kier molecular flexibility index (Phi) is 5.41. The molecule has 0 aromatic heterocycles. The third-order valence-corrected chi connectivity index (χ3v) is 6.04. The highest BCUT2D eigenvalue weighted by Crippen LogP contribution is 2.23. The molecule has 1 saturated carbocycles. The number of hydrogen-bond donors (Lipinski definition) is 2. The number of carbonyl (C=O) groups is 1. The zero-order valence-corrected chi connectivity index (χ0v) is 14.9. The van der Waals surface area contributed by atoms with E-state index in [0.717, 1.165) is 17.7 Å². The molecule has 0 radical (unpaired) electrons. The van der Waals surface area contributed by atoms with Crippen LogP contribution in [0.15, 0.2) is 58.3 Å². The minimum absolute atomic E-state index is 0.0235. The summed E-state index contributed by atoms with van der Waals surface area (Å²) in [7, 11) is -3.56. The topological polar surface area (TPSA) is 75.3 Å². The van der Waals surface area contributed by atoms with Gasteiger partial charge in [0.2, 0.25) is 15.9 Å². The molecule has 0 atom stereocenters. The van der Waals surface area contributed by atoms with E-state index in [9.17, 15) is 17.6 Å². The van der Waals surface area contributed by atoms with Gasteiger partial charge in [0.05, 0.1) is 10.6 Å². The van der Waals surface area contributed by atoms with Crippen LogP contribution < -0.4 is 10.0 Å². The van der Waals surface area contributed by atoms with Crippen molar-refractivity contribution in [1.82, 2.24) is 4.72 Å². The second kappa shape index (κ2) is 7.55. The molecule has 1 aliphatic rings. The second-order valence-corrected chi connectivity index (χ2v) is 8.48. The van der Waals surface area contributed by atoms with E-state index in [1.165, 1.54) is 36.0 Å². The minimum Gasteiger partial charge on any atom is -0.325 e. The highest BCUT2D eigenvalue weighted by Gasteiger charge is 2.28. The van der Waals surface area contributed by atoms with Gasteiger partial charge in [-0.15, -0.1) is 11.8 Å². The molecule has 2 aromatic rings. The molecule has 1 fully saturated rings. The molecule has 0 saturated heterocycles. The molecule has 1 aliphatic carbocycles. The van der Waals surface area contributed by atoms with E-state index in [1.807, 2.05) is 0 Å². The highest BCUT2D eigenvalue weighted by molar-refractivity contribution is 8.00. The van der Waals surface area contributed by atoms with Crippen molar-refractivity contribution in [3.05, 3.63) is 54.3 Å².